The van der Waals surface area contributed by atoms with Crippen molar-refractivity contribution in [2.45, 2.75) is 6.42 Å². The Morgan fingerprint density at radius 3 is 2.42 bits per heavy atom. The normalized spacial score (nSPS) is 10.1. The molecule has 3 aromatic rings. The average molecular weight is 423 g/mol. The van der Waals surface area contributed by atoms with Crippen molar-refractivity contribution in [3.8, 4) is 11.6 Å². The lowest BCUT2D eigenvalue weighted by molar-refractivity contribution is -0.385. The highest BCUT2D eigenvalue weighted by Crippen LogP contribution is 2.33. The van der Waals surface area contributed by atoms with Gasteiger partial charge < -0.3 is 9.47 Å². The van der Waals surface area contributed by atoms with Gasteiger partial charge in [-0.3, -0.25) is 25.8 Å². The SMILES string of the molecule is COC(=O)c1ccc(Oc2ncnc(NNC(=O)Cc3ccccc3)c2[N+](=O)[O-])cc1. The number of nitrogens with zero attached hydrogens (tertiary/aromatic N) is 3. The van der Waals surface area contributed by atoms with Crippen molar-refractivity contribution in [2.75, 3.05) is 12.5 Å². The van der Waals surface area contributed by atoms with E-state index < -0.39 is 22.5 Å². The molecule has 0 spiro atoms. The fourth-order valence-corrected chi connectivity index (χ4v) is 2.54. The number of amides is 1. The highest BCUT2D eigenvalue weighted by atomic mass is 16.6. The van der Waals surface area contributed by atoms with Gasteiger partial charge in [0.15, 0.2) is 0 Å². The molecule has 0 radical (unpaired) electrons. The van der Waals surface area contributed by atoms with Crippen molar-refractivity contribution in [1.82, 2.24) is 15.4 Å². The Morgan fingerprint density at radius 1 is 1.06 bits per heavy atom. The zero-order chi connectivity index (χ0) is 22.2. The Hall–Kier alpha value is -4.54. The van der Waals surface area contributed by atoms with Crippen LogP contribution < -0.4 is 15.6 Å². The molecule has 2 aromatic carbocycles. The summed E-state index contributed by atoms with van der Waals surface area (Å²) in [5.74, 6) is -1.33. The second-order valence-electron chi connectivity index (χ2n) is 6.09. The van der Waals surface area contributed by atoms with E-state index in [1.165, 1.54) is 31.4 Å². The maximum absolute atomic E-state index is 12.1. The van der Waals surface area contributed by atoms with E-state index in [1.807, 2.05) is 6.07 Å². The fourth-order valence-electron chi connectivity index (χ4n) is 2.54. The molecule has 0 unspecified atom stereocenters. The maximum atomic E-state index is 12.1. The molecule has 1 amide bonds. The predicted octanol–water partition coefficient (Wildman–Crippen LogP) is 2.65. The lowest BCUT2D eigenvalue weighted by Crippen LogP contribution is -2.31. The van der Waals surface area contributed by atoms with Crippen LogP contribution >= 0.6 is 0 Å². The van der Waals surface area contributed by atoms with Crippen molar-refractivity contribution in [3.63, 3.8) is 0 Å². The fraction of sp³-hybridized carbons (Fsp3) is 0.100. The molecule has 0 bridgehead atoms. The van der Waals surface area contributed by atoms with Gasteiger partial charge in [-0.25, -0.2) is 9.78 Å². The molecule has 11 heteroatoms. The number of benzene rings is 2. The zero-order valence-electron chi connectivity index (χ0n) is 16.3. The Bertz CT molecular complexity index is 1090. The first-order chi connectivity index (χ1) is 15.0. The molecular weight excluding hydrogens is 406 g/mol. The summed E-state index contributed by atoms with van der Waals surface area (Å²) in [6.45, 7) is 0. The Balaban J connectivity index is 1.74. The summed E-state index contributed by atoms with van der Waals surface area (Å²) in [7, 11) is 1.25. The third-order valence-corrected chi connectivity index (χ3v) is 3.99. The molecule has 0 aliphatic carbocycles. The number of hydrazine groups is 1. The number of hydrogen-bond acceptors (Lipinski definition) is 9. The minimum Gasteiger partial charge on any atom is -0.465 e. The number of nitrogens with one attached hydrogen (secondary N) is 2. The van der Waals surface area contributed by atoms with Gasteiger partial charge in [-0.2, -0.15) is 4.98 Å². The summed E-state index contributed by atoms with van der Waals surface area (Å²) < 4.78 is 10.1. The predicted molar refractivity (Wildman–Crippen MR) is 108 cm³/mol. The van der Waals surface area contributed by atoms with Gasteiger partial charge in [-0.1, -0.05) is 30.3 Å². The molecule has 11 nitrogen and oxygen atoms in total. The van der Waals surface area contributed by atoms with Crippen LogP contribution in [0.5, 0.6) is 11.6 Å². The van der Waals surface area contributed by atoms with E-state index in [2.05, 4.69) is 25.6 Å². The van der Waals surface area contributed by atoms with Crippen LogP contribution in [0.1, 0.15) is 15.9 Å². The zero-order valence-corrected chi connectivity index (χ0v) is 16.3. The number of anilines is 1. The number of carbonyl (C=O) groups excluding carboxylic acids is 2. The average Bonchev–Trinajstić information content (AvgIpc) is 2.78. The van der Waals surface area contributed by atoms with Crippen molar-refractivity contribution in [2.24, 2.45) is 0 Å². The molecule has 2 N–H and O–H groups in total. The first kappa shape index (κ1) is 21.2. The van der Waals surface area contributed by atoms with Gasteiger partial charge in [-0.05, 0) is 29.8 Å². The van der Waals surface area contributed by atoms with Crippen LogP contribution in [0.2, 0.25) is 0 Å². The Kier molecular flexibility index (Phi) is 6.68. The van der Waals surface area contributed by atoms with Crippen LogP contribution in [0.25, 0.3) is 0 Å². The molecule has 0 fully saturated rings. The van der Waals surface area contributed by atoms with Crippen LogP contribution in [0.4, 0.5) is 11.5 Å². The summed E-state index contributed by atoms with van der Waals surface area (Å²) in [5.41, 5.74) is 5.30. The van der Waals surface area contributed by atoms with Gasteiger partial charge in [-0.15, -0.1) is 0 Å². The third-order valence-electron chi connectivity index (χ3n) is 3.99. The van der Waals surface area contributed by atoms with Gasteiger partial charge in [0, 0.05) is 0 Å². The van der Waals surface area contributed by atoms with E-state index in [4.69, 9.17) is 4.74 Å². The Morgan fingerprint density at radius 2 is 1.77 bits per heavy atom. The smallest absolute Gasteiger partial charge is 0.374 e. The minimum atomic E-state index is -0.732. The van der Waals surface area contributed by atoms with Crippen LogP contribution in [-0.4, -0.2) is 33.9 Å². The molecule has 1 heterocycles. The molecule has 0 atom stereocenters. The topological polar surface area (TPSA) is 146 Å². The van der Waals surface area contributed by atoms with Gasteiger partial charge in [0.1, 0.15) is 12.1 Å². The van der Waals surface area contributed by atoms with Gasteiger partial charge in [0.2, 0.25) is 11.7 Å². The van der Waals surface area contributed by atoms with E-state index in [0.717, 1.165) is 11.9 Å². The molecule has 0 aliphatic rings. The number of hydrogen-bond donors (Lipinski definition) is 2. The van der Waals surface area contributed by atoms with E-state index in [-0.39, 0.29) is 29.4 Å². The van der Waals surface area contributed by atoms with Gasteiger partial charge >= 0.3 is 17.5 Å². The summed E-state index contributed by atoms with van der Waals surface area (Å²) in [4.78, 5) is 42.1. The number of aromatic nitrogens is 2. The molecule has 158 valence electrons. The van der Waals surface area contributed by atoms with E-state index in [1.54, 1.807) is 24.3 Å². The number of methoxy groups -OCH3 is 1. The monoisotopic (exact) mass is 423 g/mol. The first-order valence-corrected chi connectivity index (χ1v) is 8.92. The Labute approximate surface area is 176 Å². The molecule has 0 saturated heterocycles. The van der Waals surface area contributed by atoms with Crippen molar-refractivity contribution in [1.29, 1.82) is 0 Å². The molecular formula is C20H17N5O6. The molecule has 3 rings (SSSR count). The second kappa shape index (κ2) is 9.78. The largest absolute Gasteiger partial charge is 0.465 e. The quantitative estimate of drug-likeness (QED) is 0.317. The lowest BCUT2D eigenvalue weighted by Gasteiger charge is -2.10. The highest BCUT2D eigenvalue weighted by Gasteiger charge is 2.25. The molecule has 31 heavy (non-hydrogen) atoms. The van der Waals surface area contributed by atoms with Crippen LogP contribution in [0.15, 0.2) is 60.9 Å². The number of nitro groups is 1. The van der Waals surface area contributed by atoms with Gasteiger partial charge in [0.25, 0.3) is 0 Å². The lowest BCUT2D eigenvalue weighted by atomic mass is 10.1. The van der Waals surface area contributed by atoms with E-state index in [9.17, 15) is 19.7 Å². The summed E-state index contributed by atoms with van der Waals surface area (Å²) in [6.07, 6.45) is 1.12. The van der Waals surface area contributed by atoms with E-state index in [0.29, 0.717) is 0 Å². The number of ether oxygens (including phenoxy) is 2. The summed E-state index contributed by atoms with van der Waals surface area (Å²) >= 11 is 0. The van der Waals surface area contributed by atoms with Crippen LogP contribution in [0, 0.1) is 10.1 Å². The highest BCUT2D eigenvalue weighted by molar-refractivity contribution is 5.89. The molecule has 0 saturated carbocycles. The van der Waals surface area contributed by atoms with Crippen molar-refractivity contribution < 1.29 is 24.0 Å². The van der Waals surface area contributed by atoms with Gasteiger partial charge in [0.05, 0.1) is 24.0 Å². The van der Waals surface area contributed by atoms with Crippen molar-refractivity contribution in [3.05, 3.63) is 82.2 Å². The number of esters is 1. The van der Waals surface area contributed by atoms with Crippen LogP contribution in [-0.2, 0) is 16.0 Å². The standard InChI is InChI=1S/C20H17N5O6/c1-30-20(27)14-7-9-15(10-8-14)31-19-17(25(28)29)18(21-12-22-19)24-23-16(26)11-13-5-3-2-4-6-13/h2-10,12H,11H2,1H3,(H,23,26)(H,21,22,24). The van der Waals surface area contributed by atoms with E-state index >= 15 is 0 Å². The molecule has 0 aliphatic heterocycles. The van der Waals surface area contributed by atoms with Crippen molar-refractivity contribution >= 4 is 23.4 Å². The maximum Gasteiger partial charge on any atom is 0.374 e. The third kappa shape index (κ3) is 5.50. The van der Waals surface area contributed by atoms with Crippen LogP contribution in [0.3, 0.4) is 0 Å². The second-order valence-corrected chi connectivity index (χ2v) is 6.09. The number of carbonyl (C=O) groups is 2. The first-order valence-electron chi connectivity index (χ1n) is 8.92. The molecule has 1 aromatic heterocycles. The minimum absolute atomic E-state index is 0.0720. The number of rotatable bonds is 8. The summed E-state index contributed by atoms with van der Waals surface area (Å²) in [5, 5.41) is 11.6. The summed E-state index contributed by atoms with van der Waals surface area (Å²) in [6, 6.07) is 14.7.